The van der Waals surface area contributed by atoms with Crippen LogP contribution in [0.1, 0.15) is 10.4 Å². The minimum atomic E-state index is -0.531. The fourth-order valence-electron chi connectivity index (χ4n) is 1.71. The molecule has 0 saturated carbocycles. The molecule has 0 atom stereocenters. The van der Waals surface area contributed by atoms with Crippen molar-refractivity contribution in [3.63, 3.8) is 0 Å². The summed E-state index contributed by atoms with van der Waals surface area (Å²) in [7, 11) is 4.17. The summed E-state index contributed by atoms with van der Waals surface area (Å²) >= 11 is 5.92. The maximum atomic E-state index is 11.7. The molecule has 0 spiro atoms. The third-order valence-corrected chi connectivity index (χ3v) is 3.20. The van der Waals surface area contributed by atoms with E-state index in [-0.39, 0.29) is 22.1 Å². The molecule has 0 saturated heterocycles. The molecule has 0 aliphatic carbocycles. The van der Waals surface area contributed by atoms with Gasteiger partial charge in [-0.05, 0) is 12.1 Å². The average Bonchev–Trinajstić information content (AvgIpc) is 2.54. The van der Waals surface area contributed by atoms with Gasteiger partial charge in [-0.15, -0.1) is 0 Å². The molecular weight excluding hydrogens is 312 g/mol. The number of ether oxygens (including phenoxy) is 3. The predicted molar refractivity (Wildman–Crippen MR) is 78.9 cm³/mol. The molecule has 0 N–H and O–H groups in total. The van der Waals surface area contributed by atoms with E-state index in [0.29, 0.717) is 5.75 Å². The van der Waals surface area contributed by atoms with Gasteiger partial charge in [0.15, 0.2) is 10.8 Å². The van der Waals surface area contributed by atoms with Gasteiger partial charge in [-0.1, -0.05) is 11.6 Å². The van der Waals surface area contributed by atoms with E-state index in [1.54, 1.807) is 0 Å². The molecule has 1 heterocycles. The molecule has 22 heavy (non-hydrogen) atoms. The quantitative estimate of drug-likeness (QED) is 0.800. The molecule has 1 aromatic carbocycles. The van der Waals surface area contributed by atoms with Gasteiger partial charge in [0.1, 0.15) is 17.1 Å². The lowest BCUT2D eigenvalue weighted by molar-refractivity contribution is 0.0597. The van der Waals surface area contributed by atoms with Crippen LogP contribution in [-0.4, -0.2) is 30.0 Å². The fraction of sp³-hybridized carbons (Fsp3) is 0.214. The van der Waals surface area contributed by atoms with Crippen molar-refractivity contribution in [1.29, 1.82) is 0 Å². The molecule has 8 heteroatoms. The maximum Gasteiger partial charge on any atom is 0.341 e. The Morgan fingerprint density at radius 1 is 1.27 bits per heavy atom. The van der Waals surface area contributed by atoms with Gasteiger partial charge < -0.3 is 14.2 Å². The number of rotatable bonds is 4. The molecule has 0 aliphatic heterocycles. The zero-order valence-electron chi connectivity index (χ0n) is 12.1. The van der Waals surface area contributed by atoms with E-state index >= 15 is 0 Å². The van der Waals surface area contributed by atoms with Gasteiger partial charge in [0.25, 0.3) is 5.56 Å². The first-order valence-electron chi connectivity index (χ1n) is 6.14. The van der Waals surface area contributed by atoms with Gasteiger partial charge >= 0.3 is 5.97 Å². The molecule has 0 radical (unpaired) electrons. The van der Waals surface area contributed by atoms with Crippen molar-refractivity contribution in [2.75, 3.05) is 14.2 Å². The third-order valence-electron chi connectivity index (χ3n) is 2.85. The Balaban J connectivity index is 2.37. The van der Waals surface area contributed by atoms with Crippen LogP contribution in [-0.2, 0) is 11.8 Å². The number of methoxy groups -OCH3 is 2. The minimum Gasteiger partial charge on any atom is -0.496 e. The topological polar surface area (TPSA) is 79.7 Å². The van der Waals surface area contributed by atoms with Crippen LogP contribution in [0.25, 0.3) is 0 Å². The summed E-state index contributed by atoms with van der Waals surface area (Å²) in [6, 6.07) is 4.50. The van der Waals surface area contributed by atoms with Crippen molar-refractivity contribution in [3.05, 3.63) is 45.3 Å². The number of hydrogen-bond donors (Lipinski definition) is 0. The van der Waals surface area contributed by atoms with Gasteiger partial charge in [0, 0.05) is 13.1 Å². The van der Waals surface area contributed by atoms with Crippen LogP contribution in [0.15, 0.2) is 29.2 Å². The lowest BCUT2D eigenvalue weighted by Crippen LogP contribution is -2.19. The Kier molecular flexibility index (Phi) is 4.67. The second kappa shape index (κ2) is 6.48. The number of benzene rings is 1. The summed E-state index contributed by atoms with van der Waals surface area (Å²) < 4.78 is 16.4. The molecule has 1 aromatic heterocycles. The van der Waals surface area contributed by atoms with Crippen molar-refractivity contribution in [2.24, 2.45) is 7.05 Å². The molecule has 0 unspecified atom stereocenters. The monoisotopic (exact) mass is 324 g/mol. The fourth-order valence-corrected chi connectivity index (χ4v) is 1.92. The number of hydrogen-bond acceptors (Lipinski definition) is 6. The lowest BCUT2D eigenvalue weighted by atomic mass is 10.2. The highest BCUT2D eigenvalue weighted by Gasteiger charge is 2.15. The smallest absolute Gasteiger partial charge is 0.341 e. The first-order chi connectivity index (χ1) is 10.5. The predicted octanol–water partition coefficient (Wildman–Crippen LogP) is 2.02. The van der Waals surface area contributed by atoms with Gasteiger partial charge in [-0.25, -0.2) is 9.48 Å². The highest BCUT2D eigenvalue weighted by Crippen LogP contribution is 2.30. The standard InChI is InChI=1S/C14H13ClN2O5/c1-17-13(18)12(15)11(7-16-17)22-8-4-5-9(14(19)21-3)10(6-8)20-2/h4-7H,1-3H3. The van der Waals surface area contributed by atoms with Crippen molar-refractivity contribution < 1.29 is 19.0 Å². The van der Waals surface area contributed by atoms with Crippen molar-refractivity contribution in [2.45, 2.75) is 0 Å². The number of halogens is 1. The highest BCUT2D eigenvalue weighted by atomic mass is 35.5. The van der Waals surface area contributed by atoms with E-state index < -0.39 is 11.5 Å². The zero-order valence-corrected chi connectivity index (χ0v) is 12.9. The van der Waals surface area contributed by atoms with Gasteiger partial charge in [-0.3, -0.25) is 4.79 Å². The van der Waals surface area contributed by atoms with Gasteiger partial charge in [-0.2, -0.15) is 5.10 Å². The van der Waals surface area contributed by atoms with Crippen molar-refractivity contribution >= 4 is 17.6 Å². The normalized spacial score (nSPS) is 10.2. The molecule has 2 aromatic rings. The molecule has 0 fully saturated rings. The molecule has 0 aliphatic rings. The molecule has 0 amide bonds. The maximum absolute atomic E-state index is 11.7. The van der Waals surface area contributed by atoms with E-state index in [2.05, 4.69) is 9.84 Å². The van der Waals surface area contributed by atoms with Crippen LogP contribution in [0.3, 0.4) is 0 Å². The number of carbonyl (C=O) groups excluding carboxylic acids is 1. The largest absolute Gasteiger partial charge is 0.496 e. The Morgan fingerprint density at radius 3 is 2.64 bits per heavy atom. The van der Waals surface area contributed by atoms with E-state index in [4.69, 9.17) is 21.1 Å². The number of carbonyl (C=O) groups is 1. The van der Waals surface area contributed by atoms with Gasteiger partial charge in [0.2, 0.25) is 0 Å². The Morgan fingerprint density at radius 2 is 2.00 bits per heavy atom. The van der Waals surface area contributed by atoms with E-state index in [1.807, 2.05) is 0 Å². The van der Waals surface area contributed by atoms with Gasteiger partial charge in [0.05, 0.1) is 20.4 Å². The SMILES string of the molecule is COC(=O)c1ccc(Oc2cnn(C)c(=O)c2Cl)cc1OC. The minimum absolute atomic E-state index is 0.0893. The number of aryl methyl sites for hydroxylation is 1. The molecule has 116 valence electrons. The molecule has 2 rings (SSSR count). The van der Waals surface area contributed by atoms with Crippen molar-refractivity contribution in [3.8, 4) is 17.2 Å². The number of aromatic nitrogens is 2. The Labute approximate surface area is 131 Å². The second-order valence-corrected chi connectivity index (χ2v) is 4.59. The summed E-state index contributed by atoms with van der Waals surface area (Å²) in [5.74, 6) is 0.188. The van der Waals surface area contributed by atoms with Crippen LogP contribution < -0.4 is 15.0 Å². The van der Waals surface area contributed by atoms with Crippen LogP contribution in [0, 0.1) is 0 Å². The van der Waals surface area contributed by atoms with E-state index in [0.717, 1.165) is 4.68 Å². The third kappa shape index (κ3) is 3.04. The van der Waals surface area contributed by atoms with E-state index in [1.165, 1.54) is 45.7 Å². The van der Waals surface area contributed by atoms with Crippen LogP contribution in [0.4, 0.5) is 0 Å². The first kappa shape index (κ1) is 15.8. The number of esters is 1. The molecule has 0 bridgehead atoms. The summed E-state index contributed by atoms with van der Waals surface area (Å²) in [5.41, 5.74) is -0.220. The number of nitrogens with zero attached hydrogens (tertiary/aromatic N) is 2. The van der Waals surface area contributed by atoms with Crippen LogP contribution in [0.2, 0.25) is 5.02 Å². The molecular formula is C14H13ClN2O5. The van der Waals surface area contributed by atoms with Crippen LogP contribution in [0.5, 0.6) is 17.2 Å². The van der Waals surface area contributed by atoms with Crippen LogP contribution >= 0.6 is 11.6 Å². The average molecular weight is 325 g/mol. The Bertz CT molecular complexity index is 772. The zero-order chi connectivity index (χ0) is 16.3. The Hall–Kier alpha value is -2.54. The highest BCUT2D eigenvalue weighted by molar-refractivity contribution is 6.31. The summed E-state index contributed by atoms with van der Waals surface area (Å²) in [5, 5.41) is 3.74. The second-order valence-electron chi connectivity index (χ2n) is 4.21. The van der Waals surface area contributed by atoms with E-state index in [9.17, 15) is 9.59 Å². The summed E-state index contributed by atoms with van der Waals surface area (Å²) in [6.45, 7) is 0. The first-order valence-corrected chi connectivity index (χ1v) is 6.51. The molecule has 7 nitrogen and oxygen atoms in total. The van der Waals surface area contributed by atoms with Crippen molar-refractivity contribution in [1.82, 2.24) is 9.78 Å². The summed E-state index contributed by atoms with van der Waals surface area (Å²) in [6.07, 6.45) is 1.32. The lowest BCUT2D eigenvalue weighted by Gasteiger charge is -2.11. The summed E-state index contributed by atoms with van der Waals surface area (Å²) in [4.78, 5) is 23.3.